The van der Waals surface area contributed by atoms with E-state index in [0.717, 1.165) is 16.8 Å². The van der Waals surface area contributed by atoms with Crippen molar-refractivity contribution in [1.82, 2.24) is 4.90 Å². The van der Waals surface area contributed by atoms with E-state index in [9.17, 15) is 4.39 Å². The molecule has 4 rings (SSSR count). The molecule has 3 N–H and O–H groups in total. The number of nitrogens with two attached hydrogens (primary N) is 1. The predicted molar refractivity (Wildman–Crippen MR) is 114 cm³/mol. The van der Waals surface area contributed by atoms with E-state index in [2.05, 4.69) is 26.3 Å². The van der Waals surface area contributed by atoms with Gasteiger partial charge in [0.05, 0.1) is 18.9 Å². The molecule has 1 atom stereocenters. The van der Waals surface area contributed by atoms with Crippen molar-refractivity contribution in [3.05, 3.63) is 59.4 Å². The van der Waals surface area contributed by atoms with E-state index in [1.807, 2.05) is 36.9 Å². The van der Waals surface area contributed by atoms with Gasteiger partial charge in [0.1, 0.15) is 5.82 Å². The Hall–Kier alpha value is -3.13. The van der Waals surface area contributed by atoms with Crippen molar-refractivity contribution in [2.24, 2.45) is 15.7 Å². The Kier molecular flexibility index (Phi) is 5.35. The summed E-state index contributed by atoms with van der Waals surface area (Å²) < 4.78 is 19.5. The van der Waals surface area contributed by atoms with Gasteiger partial charge in [-0.05, 0) is 55.3 Å². The second-order valence-corrected chi connectivity index (χ2v) is 7.24. The van der Waals surface area contributed by atoms with Crippen LogP contribution >= 0.6 is 0 Å². The summed E-state index contributed by atoms with van der Waals surface area (Å²) in [6.45, 7) is 6.64. The fourth-order valence-electron chi connectivity index (χ4n) is 3.65. The summed E-state index contributed by atoms with van der Waals surface area (Å²) >= 11 is 0. The third kappa shape index (κ3) is 4.32. The third-order valence-corrected chi connectivity index (χ3v) is 4.83. The van der Waals surface area contributed by atoms with Crippen LogP contribution in [-0.2, 0) is 4.74 Å². The predicted octanol–water partition coefficient (Wildman–Crippen LogP) is 2.66. The van der Waals surface area contributed by atoms with Gasteiger partial charge in [0.15, 0.2) is 0 Å². The Balaban J connectivity index is 1.74. The molecule has 2 aromatic carbocycles. The van der Waals surface area contributed by atoms with Gasteiger partial charge in [-0.2, -0.15) is 4.99 Å². The van der Waals surface area contributed by atoms with Crippen LogP contribution in [0.3, 0.4) is 0 Å². The van der Waals surface area contributed by atoms with Crippen molar-refractivity contribution in [1.29, 1.82) is 0 Å². The van der Waals surface area contributed by atoms with Crippen LogP contribution in [-0.4, -0.2) is 49.4 Å². The first kappa shape index (κ1) is 19.2. The number of hydrogen-bond donors (Lipinski definition) is 2. The summed E-state index contributed by atoms with van der Waals surface area (Å²) in [6.07, 6.45) is -0.562. The molecule has 1 unspecified atom stereocenters. The van der Waals surface area contributed by atoms with Crippen LogP contribution in [0.5, 0.6) is 0 Å². The minimum Gasteiger partial charge on any atom is -0.378 e. The van der Waals surface area contributed by atoms with E-state index in [-0.39, 0.29) is 11.8 Å². The van der Waals surface area contributed by atoms with Crippen molar-refractivity contribution in [2.75, 3.05) is 36.5 Å². The summed E-state index contributed by atoms with van der Waals surface area (Å²) in [5, 5.41) is 3.43. The molecule has 2 heterocycles. The fourth-order valence-corrected chi connectivity index (χ4v) is 3.65. The third-order valence-electron chi connectivity index (χ3n) is 4.83. The SMILES string of the molecule is Cc1cc(C)cc(NC2N=C(N)N=C(N3CCOCC3)N2c2cccc(F)c2)c1. The number of morpholine rings is 1. The topological polar surface area (TPSA) is 78.5 Å². The lowest BCUT2D eigenvalue weighted by atomic mass is 10.1. The van der Waals surface area contributed by atoms with Crippen LogP contribution in [0.2, 0.25) is 0 Å². The van der Waals surface area contributed by atoms with E-state index < -0.39 is 6.29 Å². The normalized spacial score (nSPS) is 19.6. The Morgan fingerprint density at radius 2 is 1.83 bits per heavy atom. The molecule has 0 spiro atoms. The summed E-state index contributed by atoms with van der Waals surface area (Å²) in [6, 6.07) is 12.6. The lowest BCUT2D eigenvalue weighted by molar-refractivity contribution is 0.0671. The average molecular weight is 396 g/mol. The Bertz CT molecular complexity index is 934. The van der Waals surface area contributed by atoms with Crippen molar-refractivity contribution in [2.45, 2.75) is 20.1 Å². The lowest BCUT2D eigenvalue weighted by Gasteiger charge is -2.41. The van der Waals surface area contributed by atoms with Gasteiger partial charge in [-0.1, -0.05) is 12.1 Å². The molecule has 0 aromatic heterocycles. The zero-order chi connectivity index (χ0) is 20.4. The van der Waals surface area contributed by atoms with Gasteiger partial charge in [-0.25, -0.2) is 9.38 Å². The molecular weight excluding hydrogens is 371 g/mol. The molecule has 8 heteroatoms. The highest BCUT2D eigenvalue weighted by atomic mass is 19.1. The van der Waals surface area contributed by atoms with Crippen molar-refractivity contribution in [3.63, 3.8) is 0 Å². The zero-order valence-corrected chi connectivity index (χ0v) is 16.6. The molecule has 0 bridgehead atoms. The summed E-state index contributed by atoms with van der Waals surface area (Å²) in [5.74, 6) is 0.491. The van der Waals surface area contributed by atoms with Crippen LogP contribution < -0.4 is 16.0 Å². The van der Waals surface area contributed by atoms with Crippen LogP contribution in [0.25, 0.3) is 0 Å². The molecule has 2 aromatic rings. The minimum absolute atomic E-state index is 0.181. The van der Waals surface area contributed by atoms with Gasteiger partial charge < -0.3 is 20.7 Å². The molecule has 0 saturated carbocycles. The zero-order valence-electron chi connectivity index (χ0n) is 16.6. The number of guanidine groups is 2. The average Bonchev–Trinajstić information content (AvgIpc) is 2.67. The van der Waals surface area contributed by atoms with Gasteiger partial charge in [0.2, 0.25) is 18.2 Å². The number of benzene rings is 2. The lowest BCUT2D eigenvalue weighted by Crippen LogP contribution is -2.57. The van der Waals surface area contributed by atoms with E-state index in [1.165, 1.54) is 12.1 Å². The van der Waals surface area contributed by atoms with E-state index in [0.29, 0.717) is 38.0 Å². The Morgan fingerprint density at radius 1 is 1.10 bits per heavy atom. The van der Waals surface area contributed by atoms with Crippen molar-refractivity contribution < 1.29 is 9.13 Å². The van der Waals surface area contributed by atoms with Gasteiger partial charge in [0, 0.05) is 18.8 Å². The number of halogens is 1. The molecule has 2 aliphatic rings. The van der Waals surface area contributed by atoms with E-state index >= 15 is 0 Å². The standard InChI is InChI=1S/C21H25FN6O/c1-14-10-15(2)12-17(11-14)24-20-25-19(23)26-21(27-6-8-29-9-7-27)28(20)18-5-3-4-16(22)13-18/h3-5,10-13,20,24H,6-9H2,1-2H3,(H2,23,25). The maximum absolute atomic E-state index is 14.0. The molecule has 0 radical (unpaired) electrons. The highest BCUT2D eigenvalue weighted by Crippen LogP contribution is 2.25. The molecular formula is C21H25FN6O. The number of nitrogens with one attached hydrogen (secondary N) is 1. The second-order valence-electron chi connectivity index (χ2n) is 7.24. The van der Waals surface area contributed by atoms with Gasteiger partial charge in [-0.15, -0.1) is 0 Å². The highest BCUT2D eigenvalue weighted by molar-refractivity contribution is 6.06. The van der Waals surface area contributed by atoms with Crippen LogP contribution in [0.4, 0.5) is 15.8 Å². The highest BCUT2D eigenvalue weighted by Gasteiger charge is 2.32. The number of aliphatic imine (C=N–C) groups is 2. The number of anilines is 2. The molecule has 152 valence electrons. The molecule has 0 aliphatic carbocycles. The summed E-state index contributed by atoms with van der Waals surface area (Å²) in [4.78, 5) is 13.0. The maximum atomic E-state index is 14.0. The largest absolute Gasteiger partial charge is 0.378 e. The number of ether oxygens (including phenoxy) is 1. The number of hydrogen-bond acceptors (Lipinski definition) is 7. The Labute approximate surface area is 169 Å². The van der Waals surface area contributed by atoms with E-state index in [4.69, 9.17) is 10.5 Å². The smallest absolute Gasteiger partial charge is 0.222 e. The molecule has 2 aliphatic heterocycles. The van der Waals surface area contributed by atoms with E-state index in [1.54, 1.807) is 6.07 Å². The Morgan fingerprint density at radius 3 is 2.52 bits per heavy atom. The van der Waals surface area contributed by atoms with Gasteiger partial charge in [0.25, 0.3) is 0 Å². The first-order valence-corrected chi connectivity index (χ1v) is 9.64. The number of nitrogens with zero attached hydrogens (tertiary/aromatic N) is 4. The van der Waals surface area contributed by atoms with Crippen LogP contribution in [0.1, 0.15) is 11.1 Å². The summed E-state index contributed by atoms with van der Waals surface area (Å²) in [5.41, 5.74) is 9.90. The molecule has 29 heavy (non-hydrogen) atoms. The quantitative estimate of drug-likeness (QED) is 0.834. The van der Waals surface area contributed by atoms with Gasteiger partial charge >= 0.3 is 0 Å². The number of rotatable bonds is 3. The maximum Gasteiger partial charge on any atom is 0.222 e. The first-order valence-electron chi connectivity index (χ1n) is 9.64. The molecule has 0 amide bonds. The summed E-state index contributed by atoms with van der Waals surface area (Å²) in [7, 11) is 0. The number of aryl methyl sites for hydroxylation is 2. The molecule has 7 nitrogen and oxygen atoms in total. The van der Waals surface area contributed by atoms with Crippen molar-refractivity contribution in [3.8, 4) is 0 Å². The van der Waals surface area contributed by atoms with Crippen LogP contribution in [0, 0.1) is 19.7 Å². The first-order chi connectivity index (χ1) is 14.0. The van der Waals surface area contributed by atoms with Crippen molar-refractivity contribution >= 4 is 23.3 Å². The second kappa shape index (κ2) is 8.08. The molecule has 1 fully saturated rings. The minimum atomic E-state index is -0.562. The monoisotopic (exact) mass is 396 g/mol. The molecule has 1 saturated heterocycles. The fraction of sp³-hybridized carbons (Fsp3) is 0.333. The van der Waals surface area contributed by atoms with Crippen LogP contribution in [0.15, 0.2) is 52.4 Å². The van der Waals surface area contributed by atoms with Gasteiger partial charge in [-0.3, -0.25) is 4.90 Å².